The van der Waals surface area contributed by atoms with Crippen molar-refractivity contribution in [1.82, 2.24) is 9.88 Å². The highest BCUT2D eigenvalue weighted by Crippen LogP contribution is 2.36. The Hall–Kier alpha value is -4.20. The Balaban J connectivity index is 1.20. The first-order valence-corrected chi connectivity index (χ1v) is 12.3. The van der Waals surface area contributed by atoms with Crippen LogP contribution in [-0.2, 0) is 4.79 Å². The van der Waals surface area contributed by atoms with Crippen LogP contribution in [0.25, 0.3) is 11.1 Å². The van der Waals surface area contributed by atoms with Gasteiger partial charge in [-0.15, -0.1) is 0 Å². The van der Waals surface area contributed by atoms with Crippen LogP contribution < -0.4 is 10.6 Å². The van der Waals surface area contributed by atoms with Gasteiger partial charge in [-0.1, -0.05) is 30.7 Å². The molecule has 1 unspecified atom stereocenters. The van der Waals surface area contributed by atoms with Crippen LogP contribution in [0.15, 0.2) is 66.9 Å². The molecule has 8 nitrogen and oxygen atoms in total. The Bertz CT molecular complexity index is 1270. The molecule has 0 spiro atoms. The zero-order valence-corrected chi connectivity index (χ0v) is 19.8. The monoisotopic (exact) mass is 484 g/mol. The standard InChI is InChI=1S/C28H28N4O4/c33-26(31-25-14-11-22(17-29-25)20-6-2-7-21(16-20)27(34)35)24-8-3-15-32(24)28(36)30-23-12-9-19(10-13-23)18-4-1-5-18/h2,6-7,9-14,16-18,24H,1,3-5,8,15H2,(H,30,36)(H,34,35)(H,29,31,33). The Morgan fingerprint density at radius 3 is 2.36 bits per heavy atom. The molecule has 2 aromatic carbocycles. The molecule has 2 heterocycles. The largest absolute Gasteiger partial charge is 0.478 e. The van der Waals surface area contributed by atoms with Crippen molar-refractivity contribution >= 4 is 29.4 Å². The minimum atomic E-state index is -0.996. The number of benzene rings is 2. The van der Waals surface area contributed by atoms with E-state index in [0.717, 1.165) is 23.2 Å². The molecule has 1 aliphatic heterocycles. The lowest BCUT2D eigenvalue weighted by Gasteiger charge is -2.26. The Kier molecular flexibility index (Phi) is 6.66. The number of carboxylic acids is 1. The number of anilines is 2. The van der Waals surface area contributed by atoms with E-state index in [2.05, 4.69) is 27.8 Å². The molecule has 0 radical (unpaired) electrons. The summed E-state index contributed by atoms with van der Waals surface area (Å²) in [5, 5.41) is 14.9. The van der Waals surface area contributed by atoms with Crippen LogP contribution in [0.4, 0.5) is 16.3 Å². The van der Waals surface area contributed by atoms with Crippen molar-refractivity contribution in [2.24, 2.45) is 0 Å². The molecule has 3 N–H and O–H groups in total. The number of amides is 3. The van der Waals surface area contributed by atoms with Crippen LogP contribution in [0.1, 0.15) is 53.9 Å². The first kappa shape index (κ1) is 23.5. The number of nitrogens with zero attached hydrogens (tertiary/aromatic N) is 2. The molecular weight excluding hydrogens is 456 g/mol. The van der Waals surface area contributed by atoms with Crippen LogP contribution in [0.2, 0.25) is 0 Å². The molecule has 1 atom stereocenters. The summed E-state index contributed by atoms with van der Waals surface area (Å²) in [6.07, 6.45) is 6.65. The van der Waals surface area contributed by atoms with Gasteiger partial charge in [-0.05, 0) is 79.1 Å². The molecule has 2 aliphatic rings. The number of carbonyl (C=O) groups excluding carboxylic acids is 2. The number of pyridine rings is 1. The number of likely N-dealkylation sites (tertiary alicyclic amines) is 1. The van der Waals surface area contributed by atoms with Gasteiger partial charge < -0.3 is 20.6 Å². The average Bonchev–Trinajstić information content (AvgIpc) is 3.35. The highest BCUT2D eigenvalue weighted by molar-refractivity contribution is 5.99. The molecule has 5 rings (SSSR count). The summed E-state index contributed by atoms with van der Waals surface area (Å²) < 4.78 is 0. The van der Waals surface area contributed by atoms with Crippen LogP contribution >= 0.6 is 0 Å². The van der Waals surface area contributed by atoms with Crippen LogP contribution in [0.5, 0.6) is 0 Å². The van der Waals surface area contributed by atoms with Gasteiger partial charge in [0.1, 0.15) is 11.9 Å². The lowest BCUT2D eigenvalue weighted by Crippen LogP contribution is -2.45. The van der Waals surface area contributed by atoms with E-state index in [9.17, 15) is 19.5 Å². The van der Waals surface area contributed by atoms with Crippen molar-refractivity contribution in [1.29, 1.82) is 0 Å². The number of hydrogen-bond donors (Lipinski definition) is 3. The molecule has 1 aliphatic carbocycles. The van der Waals surface area contributed by atoms with Crippen LogP contribution in [-0.4, -0.2) is 45.5 Å². The number of carbonyl (C=O) groups is 3. The van der Waals surface area contributed by atoms with Crippen molar-refractivity contribution in [3.8, 4) is 11.1 Å². The molecule has 1 saturated heterocycles. The molecule has 3 amide bonds. The molecular formula is C28H28N4O4. The van der Waals surface area contributed by atoms with E-state index in [4.69, 9.17) is 0 Å². The van der Waals surface area contributed by atoms with Crippen molar-refractivity contribution in [2.45, 2.75) is 44.1 Å². The molecule has 1 aromatic heterocycles. The van der Waals surface area contributed by atoms with Gasteiger partial charge in [0.2, 0.25) is 5.91 Å². The van der Waals surface area contributed by atoms with E-state index < -0.39 is 12.0 Å². The zero-order chi connectivity index (χ0) is 25.1. The summed E-state index contributed by atoms with van der Waals surface area (Å²) in [5.41, 5.74) is 3.68. The number of aromatic nitrogens is 1. The first-order chi connectivity index (χ1) is 17.5. The molecule has 2 fully saturated rings. The van der Waals surface area contributed by atoms with Gasteiger partial charge in [0.25, 0.3) is 0 Å². The summed E-state index contributed by atoms with van der Waals surface area (Å²) in [4.78, 5) is 43.0. The molecule has 0 bridgehead atoms. The summed E-state index contributed by atoms with van der Waals surface area (Å²) in [7, 11) is 0. The number of hydrogen-bond acceptors (Lipinski definition) is 4. The highest BCUT2D eigenvalue weighted by atomic mass is 16.4. The molecule has 36 heavy (non-hydrogen) atoms. The third kappa shape index (κ3) is 5.07. The maximum Gasteiger partial charge on any atom is 0.335 e. The Morgan fingerprint density at radius 2 is 1.69 bits per heavy atom. The fourth-order valence-corrected chi connectivity index (χ4v) is 4.74. The van der Waals surface area contributed by atoms with Gasteiger partial charge >= 0.3 is 12.0 Å². The topological polar surface area (TPSA) is 112 Å². The molecule has 184 valence electrons. The minimum absolute atomic E-state index is 0.193. The third-order valence-corrected chi connectivity index (χ3v) is 7.01. The van der Waals surface area contributed by atoms with Crippen LogP contribution in [0, 0.1) is 0 Å². The van der Waals surface area contributed by atoms with Gasteiger partial charge in [0, 0.05) is 24.0 Å². The normalized spacial score (nSPS) is 17.3. The van der Waals surface area contributed by atoms with Crippen LogP contribution in [0.3, 0.4) is 0 Å². The maximum absolute atomic E-state index is 13.0. The first-order valence-electron chi connectivity index (χ1n) is 12.3. The average molecular weight is 485 g/mol. The van der Waals surface area contributed by atoms with E-state index in [1.54, 1.807) is 41.4 Å². The number of rotatable bonds is 6. The van der Waals surface area contributed by atoms with E-state index in [0.29, 0.717) is 24.7 Å². The maximum atomic E-state index is 13.0. The van der Waals surface area contributed by atoms with Crippen molar-refractivity contribution in [3.05, 3.63) is 78.0 Å². The van der Waals surface area contributed by atoms with E-state index in [1.807, 2.05) is 12.1 Å². The van der Waals surface area contributed by atoms with Gasteiger partial charge in [-0.3, -0.25) is 4.79 Å². The molecule has 3 aromatic rings. The fraction of sp³-hybridized carbons (Fsp3) is 0.286. The second-order valence-corrected chi connectivity index (χ2v) is 9.34. The van der Waals surface area contributed by atoms with Crippen molar-refractivity contribution < 1.29 is 19.5 Å². The number of aromatic carboxylic acids is 1. The van der Waals surface area contributed by atoms with E-state index in [-0.39, 0.29) is 17.5 Å². The number of carboxylic acid groups (broad SMARTS) is 1. The predicted octanol–water partition coefficient (Wildman–Crippen LogP) is 5.35. The van der Waals surface area contributed by atoms with Gasteiger partial charge in [0.15, 0.2) is 0 Å². The summed E-state index contributed by atoms with van der Waals surface area (Å²) in [5.74, 6) is -0.267. The van der Waals surface area contributed by atoms with Crippen molar-refractivity contribution in [3.63, 3.8) is 0 Å². The quantitative estimate of drug-likeness (QED) is 0.437. The smallest absolute Gasteiger partial charge is 0.335 e. The summed E-state index contributed by atoms with van der Waals surface area (Å²) in [6.45, 7) is 0.510. The van der Waals surface area contributed by atoms with E-state index in [1.165, 1.54) is 30.9 Å². The van der Waals surface area contributed by atoms with Gasteiger partial charge in [0.05, 0.1) is 5.56 Å². The summed E-state index contributed by atoms with van der Waals surface area (Å²) >= 11 is 0. The predicted molar refractivity (Wildman–Crippen MR) is 137 cm³/mol. The molecule has 1 saturated carbocycles. The lowest BCUT2D eigenvalue weighted by atomic mass is 9.80. The highest BCUT2D eigenvalue weighted by Gasteiger charge is 2.34. The number of urea groups is 1. The third-order valence-electron chi connectivity index (χ3n) is 7.01. The Morgan fingerprint density at radius 1 is 0.889 bits per heavy atom. The minimum Gasteiger partial charge on any atom is -0.478 e. The van der Waals surface area contributed by atoms with Gasteiger partial charge in [-0.25, -0.2) is 14.6 Å². The zero-order valence-electron chi connectivity index (χ0n) is 19.8. The summed E-state index contributed by atoms with van der Waals surface area (Å²) in [6, 6.07) is 17.2. The lowest BCUT2D eigenvalue weighted by molar-refractivity contribution is -0.119. The SMILES string of the molecule is O=C(O)c1cccc(-c2ccc(NC(=O)C3CCCN3C(=O)Nc3ccc(C4CCC4)cc3)nc2)c1. The second-order valence-electron chi connectivity index (χ2n) is 9.34. The van der Waals surface area contributed by atoms with Crippen molar-refractivity contribution in [2.75, 3.05) is 17.2 Å². The molecule has 8 heteroatoms. The van der Waals surface area contributed by atoms with Gasteiger partial charge in [-0.2, -0.15) is 0 Å². The Labute approximate surface area is 209 Å². The van der Waals surface area contributed by atoms with E-state index >= 15 is 0 Å². The fourth-order valence-electron chi connectivity index (χ4n) is 4.74. The number of nitrogens with one attached hydrogen (secondary N) is 2. The second kappa shape index (κ2) is 10.2.